The van der Waals surface area contributed by atoms with E-state index in [9.17, 15) is 4.79 Å². The van der Waals surface area contributed by atoms with Gasteiger partial charge in [-0.2, -0.15) is 0 Å². The summed E-state index contributed by atoms with van der Waals surface area (Å²) in [4.78, 5) is 14.1. The number of morpholine rings is 1. The van der Waals surface area contributed by atoms with E-state index in [1.54, 1.807) is 24.3 Å². The summed E-state index contributed by atoms with van der Waals surface area (Å²) in [7, 11) is 0. The highest BCUT2D eigenvalue weighted by molar-refractivity contribution is 7.80. The molecule has 1 aliphatic heterocycles. The minimum atomic E-state index is -0.285. The van der Waals surface area contributed by atoms with Crippen LogP contribution >= 0.6 is 23.8 Å². The van der Waals surface area contributed by atoms with Crippen LogP contribution in [0.4, 0.5) is 0 Å². The van der Waals surface area contributed by atoms with Gasteiger partial charge in [0.05, 0.1) is 22.8 Å². The maximum Gasteiger partial charge on any atom is 0.258 e. The summed E-state index contributed by atoms with van der Waals surface area (Å²) in [5, 5.41) is 3.55. The fourth-order valence-electron chi connectivity index (χ4n) is 2.23. The van der Waals surface area contributed by atoms with Crippen molar-refractivity contribution in [2.75, 3.05) is 13.1 Å². The van der Waals surface area contributed by atoms with Crippen molar-refractivity contribution in [3.8, 4) is 0 Å². The Morgan fingerprint density at radius 2 is 1.95 bits per heavy atom. The van der Waals surface area contributed by atoms with Crippen LogP contribution in [0.2, 0.25) is 5.02 Å². The smallest absolute Gasteiger partial charge is 0.258 e. The van der Waals surface area contributed by atoms with Crippen LogP contribution in [0.3, 0.4) is 0 Å². The van der Waals surface area contributed by atoms with E-state index in [2.05, 4.69) is 5.32 Å². The van der Waals surface area contributed by atoms with Crippen LogP contribution in [0, 0.1) is 0 Å². The Hall–Kier alpha value is -1.17. The van der Waals surface area contributed by atoms with E-state index < -0.39 is 0 Å². The summed E-state index contributed by atoms with van der Waals surface area (Å²) >= 11 is 11.3. The minimum absolute atomic E-state index is 0.0916. The Morgan fingerprint density at radius 1 is 1.35 bits per heavy atom. The van der Waals surface area contributed by atoms with Gasteiger partial charge in [0.25, 0.3) is 5.91 Å². The number of hydrogen-bond acceptors (Lipinski definition) is 3. The summed E-state index contributed by atoms with van der Waals surface area (Å²) in [6.45, 7) is 5.32. The molecule has 0 aromatic heterocycles. The first-order chi connectivity index (χ1) is 9.47. The zero-order valence-electron chi connectivity index (χ0n) is 11.4. The molecule has 1 aliphatic rings. The fraction of sp³-hybridized carbons (Fsp3) is 0.429. The Kier molecular flexibility index (Phi) is 4.96. The SMILES string of the molecule is C[C@@H]1CN(C(=S)NC(=O)c2ccccc2Cl)C[C@@H](C)O1. The fourth-order valence-corrected chi connectivity index (χ4v) is 2.70. The van der Waals surface area contributed by atoms with Crippen molar-refractivity contribution in [3.05, 3.63) is 34.9 Å². The third-order valence-electron chi connectivity index (χ3n) is 3.05. The number of carbonyl (C=O) groups excluding carboxylic acids is 1. The summed E-state index contributed by atoms with van der Waals surface area (Å²) in [6, 6.07) is 6.90. The van der Waals surface area contributed by atoms with Gasteiger partial charge in [-0.25, -0.2) is 0 Å². The Bertz CT molecular complexity index is 514. The highest BCUT2D eigenvalue weighted by atomic mass is 35.5. The number of ether oxygens (including phenoxy) is 1. The second-order valence-corrected chi connectivity index (χ2v) is 5.70. The number of thiocarbonyl (C=S) groups is 1. The van der Waals surface area contributed by atoms with Crippen LogP contribution in [0.25, 0.3) is 0 Å². The van der Waals surface area contributed by atoms with Crippen molar-refractivity contribution < 1.29 is 9.53 Å². The number of nitrogens with one attached hydrogen (secondary N) is 1. The Labute approximate surface area is 129 Å². The molecule has 0 radical (unpaired) electrons. The predicted octanol–water partition coefficient (Wildman–Crippen LogP) is 2.46. The van der Waals surface area contributed by atoms with Crippen LogP contribution in [-0.2, 0) is 4.74 Å². The van der Waals surface area contributed by atoms with Crippen LogP contribution < -0.4 is 5.32 Å². The van der Waals surface area contributed by atoms with E-state index in [0.29, 0.717) is 28.8 Å². The van der Waals surface area contributed by atoms with Crippen molar-refractivity contribution in [3.63, 3.8) is 0 Å². The van der Waals surface area contributed by atoms with Gasteiger partial charge in [-0.3, -0.25) is 10.1 Å². The van der Waals surface area contributed by atoms with E-state index in [1.165, 1.54) is 0 Å². The third kappa shape index (κ3) is 3.69. The second-order valence-electron chi connectivity index (χ2n) is 4.90. The summed E-state index contributed by atoms with van der Waals surface area (Å²) in [5.41, 5.74) is 0.422. The van der Waals surface area contributed by atoms with E-state index in [1.807, 2.05) is 18.7 Å². The van der Waals surface area contributed by atoms with Gasteiger partial charge in [-0.15, -0.1) is 0 Å². The third-order valence-corrected chi connectivity index (χ3v) is 3.74. The standard InChI is InChI=1S/C14H17ClN2O2S/c1-9-7-17(8-10(2)19-9)14(20)16-13(18)11-5-3-4-6-12(11)15/h3-6,9-10H,7-8H2,1-2H3,(H,16,18,20)/t9-,10-/m1/s1. The maximum atomic E-state index is 12.1. The molecule has 20 heavy (non-hydrogen) atoms. The Morgan fingerprint density at radius 3 is 2.55 bits per heavy atom. The number of hydrogen-bond donors (Lipinski definition) is 1. The minimum Gasteiger partial charge on any atom is -0.372 e. The molecule has 1 fully saturated rings. The van der Waals surface area contributed by atoms with Crippen molar-refractivity contribution >= 4 is 34.8 Å². The van der Waals surface area contributed by atoms with Crippen LogP contribution in [0.1, 0.15) is 24.2 Å². The Balaban J connectivity index is 2.01. The van der Waals surface area contributed by atoms with Gasteiger partial charge in [0.15, 0.2) is 5.11 Å². The molecule has 0 saturated carbocycles. The number of benzene rings is 1. The molecule has 0 spiro atoms. The maximum absolute atomic E-state index is 12.1. The van der Waals surface area contributed by atoms with Crippen molar-refractivity contribution in [2.45, 2.75) is 26.1 Å². The molecular weight excluding hydrogens is 296 g/mol. The number of amides is 1. The van der Waals surface area contributed by atoms with Gasteiger partial charge >= 0.3 is 0 Å². The molecule has 0 bridgehead atoms. The average Bonchev–Trinajstić information content (AvgIpc) is 2.37. The number of carbonyl (C=O) groups is 1. The zero-order valence-corrected chi connectivity index (χ0v) is 13.0. The molecule has 2 atom stereocenters. The lowest BCUT2D eigenvalue weighted by atomic mass is 10.2. The van der Waals surface area contributed by atoms with Crippen molar-refractivity contribution in [2.24, 2.45) is 0 Å². The lowest BCUT2D eigenvalue weighted by Crippen LogP contribution is -2.52. The quantitative estimate of drug-likeness (QED) is 0.809. The summed E-state index contributed by atoms with van der Waals surface area (Å²) in [6.07, 6.45) is 0.183. The van der Waals surface area contributed by atoms with Gasteiger partial charge in [-0.05, 0) is 38.2 Å². The molecule has 1 aromatic carbocycles. The van der Waals surface area contributed by atoms with Crippen LogP contribution in [0.15, 0.2) is 24.3 Å². The first-order valence-corrected chi connectivity index (χ1v) is 7.26. The van der Waals surface area contributed by atoms with Crippen molar-refractivity contribution in [1.82, 2.24) is 10.2 Å². The molecule has 1 amide bonds. The van der Waals surface area contributed by atoms with E-state index in [-0.39, 0.29) is 18.1 Å². The molecule has 1 aromatic rings. The molecule has 0 aliphatic carbocycles. The topological polar surface area (TPSA) is 41.6 Å². The molecule has 1 N–H and O–H groups in total. The molecule has 1 saturated heterocycles. The molecular formula is C14H17ClN2O2S. The number of nitrogens with zero attached hydrogens (tertiary/aromatic N) is 1. The summed E-state index contributed by atoms with van der Waals surface area (Å²) in [5.74, 6) is -0.285. The first-order valence-electron chi connectivity index (χ1n) is 6.47. The molecule has 1 heterocycles. The number of rotatable bonds is 1. The monoisotopic (exact) mass is 312 g/mol. The van der Waals surface area contributed by atoms with Gasteiger partial charge in [-0.1, -0.05) is 23.7 Å². The second kappa shape index (κ2) is 6.52. The van der Waals surface area contributed by atoms with Gasteiger partial charge in [0, 0.05) is 13.1 Å². The van der Waals surface area contributed by atoms with Gasteiger partial charge < -0.3 is 9.64 Å². The first kappa shape index (κ1) is 15.2. The lowest BCUT2D eigenvalue weighted by Gasteiger charge is -2.36. The van der Waals surface area contributed by atoms with Gasteiger partial charge in [0.2, 0.25) is 0 Å². The van der Waals surface area contributed by atoms with Crippen LogP contribution in [0.5, 0.6) is 0 Å². The largest absolute Gasteiger partial charge is 0.372 e. The van der Waals surface area contributed by atoms with E-state index in [0.717, 1.165) is 0 Å². The molecule has 108 valence electrons. The molecule has 0 unspecified atom stereocenters. The highest BCUT2D eigenvalue weighted by Crippen LogP contribution is 2.15. The predicted molar refractivity (Wildman–Crippen MR) is 83.1 cm³/mol. The molecule has 4 nitrogen and oxygen atoms in total. The highest BCUT2D eigenvalue weighted by Gasteiger charge is 2.25. The number of halogens is 1. The average molecular weight is 313 g/mol. The van der Waals surface area contributed by atoms with E-state index >= 15 is 0 Å². The molecule has 2 rings (SSSR count). The lowest BCUT2D eigenvalue weighted by molar-refractivity contribution is -0.0481. The van der Waals surface area contributed by atoms with E-state index in [4.69, 9.17) is 28.6 Å². The normalized spacial score (nSPS) is 22.4. The zero-order chi connectivity index (χ0) is 14.7. The van der Waals surface area contributed by atoms with Crippen LogP contribution in [-0.4, -0.2) is 41.2 Å². The molecule has 6 heteroatoms. The summed E-state index contributed by atoms with van der Waals surface area (Å²) < 4.78 is 5.64. The van der Waals surface area contributed by atoms with Gasteiger partial charge in [0.1, 0.15) is 0 Å². The van der Waals surface area contributed by atoms with Crippen molar-refractivity contribution in [1.29, 1.82) is 0 Å².